The minimum atomic E-state index is 0.169. The second-order valence-corrected chi connectivity index (χ2v) is 5.86. The quantitative estimate of drug-likeness (QED) is 0.915. The normalized spacial score (nSPS) is 17.2. The first-order chi connectivity index (χ1) is 9.74. The smallest absolute Gasteiger partial charge is 0.0562 e. The Morgan fingerprint density at radius 1 is 0.850 bits per heavy atom. The molecule has 0 bridgehead atoms. The lowest BCUT2D eigenvalue weighted by molar-refractivity contribution is 0.0679. The number of hydrogen-bond acceptors (Lipinski definition) is 2. The van der Waals surface area contributed by atoms with Crippen molar-refractivity contribution >= 4 is 0 Å². The predicted octanol–water partition coefficient (Wildman–Crippen LogP) is 2.72. The van der Waals surface area contributed by atoms with Gasteiger partial charge in [0, 0.05) is 19.0 Å². The average molecular weight is 266 g/mol. The van der Waals surface area contributed by atoms with Crippen molar-refractivity contribution in [1.82, 2.24) is 10.2 Å². The fourth-order valence-electron chi connectivity index (χ4n) is 3.26. The van der Waals surface area contributed by atoms with E-state index in [1.54, 1.807) is 0 Å². The van der Waals surface area contributed by atoms with Gasteiger partial charge in [-0.1, -0.05) is 60.7 Å². The Balaban J connectivity index is 2.09. The molecule has 2 aromatic rings. The Bertz CT molecular complexity index is 505. The molecule has 1 N–H and O–H groups in total. The van der Waals surface area contributed by atoms with Gasteiger partial charge in [0.2, 0.25) is 0 Å². The third kappa shape index (κ3) is 2.15. The molecule has 0 unspecified atom stereocenters. The van der Waals surface area contributed by atoms with Crippen molar-refractivity contribution in [2.24, 2.45) is 0 Å². The molecule has 1 saturated heterocycles. The van der Waals surface area contributed by atoms with E-state index in [0.29, 0.717) is 5.92 Å². The van der Waals surface area contributed by atoms with Crippen LogP contribution in [0, 0.1) is 0 Å². The molecule has 2 aromatic carbocycles. The van der Waals surface area contributed by atoms with Crippen LogP contribution in [0.5, 0.6) is 0 Å². The van der Waals surface area contributed by atoms with Gasteiger partial charge >= 0.3 is 0 Å². The number of likely N-dealkylation sites (N-methyl/N-ethyl adjacent to an activating group) is 1. The summed E-state index contributed by atoms with van der Waals surface area (Å²) >= 11 is 0. The van der Waals surface area contributed by atoms with Gasteiger partial charge in [-0.05, 0) is 25.2 Å². The second-order valence-electron chi connectivity index (χ2n) is 5.86. The predicted molar refractivity (Wildman–Crippen MR) is 84.0 cm³/mol. The summed E-state index contributed by atoms with van der Waals surface area (Å²) in [5.41, 5.74) is 2.96. The van der Waals surface area contributed by atoms with Gasteiger partial charge in [-0.2, -0.15) is 0 Å². The molecule has 20 heavy (non-hydrogen) atoms. The first-order valence-corrected chi connectivity index (χ1v) is 7.22. The third-order valence-corrected chi connectivity index (χ3v) is 4.56. The van der Waals surface area contributed by atoms with Crippen LogP contribution in [0.25, 0.3) is 0 Å². The van der Waals surface area contributed by atoms with E-state index in [1.165, 1.54) is 11.1 Å². The number of nitrogens with one attached hydrogen (secondary N) is 1. The lowest BCUT2D eigenvalue weighted by Crippen LogP contribution is -2.70. The molecule has 0 radical (unpaired) electrons. The molecular formula is C18H22N2. The molecule has 1 aliphatic heterocycles. The molecule has 0 atom stereocenters. The molecule has 0 saturated carbocycles. The fourth-order valence-corrected chi connectivity index (χ4v) is 3.26. The summed E-state index contributed by atoms with van der Waals surface area (Å²) in [5, 5.41) is 3.46. The van der Waals surface area contributed by atoms with Crippen LogP contribution in [-0.4, -0.2) is 37.6 Å². The van der Waals surface area contributed by atoms with Crippen molar-refractivity contribution in [3.8, 4) is 0 Å². The number of benzene rings is 2. The second kappa shape index (κ2) is 5.39. The Morgan fingerprint density at radius 3 is 1.60 bits per heavy atom. The van der Waals surface area contributed by atoms with Gasteiger partial charge in [0.05, 0.1) is 5.54 Å². The summed E-state index contributed by atoms with van der Waals surface area (Å²) in [4.78, 5) is 2.38. The van der Waals surface area contributed by atoms with E-state index in [2.05, 4.69) is 85.0 Å². The zero-order chi connectivity index (χ0) is 14.0. The van der Waals surface area contributed by atoms with E-state index >= 15 is 0 Å². The minimum absolute atomic E-state index is 0.169. The van der Waals surface area contributed by atoms with Gasteiger partial charge in [-0.25, -0.2) is 0 Å². The molecular weight excluding hydrogens is 244 g/mol. The highest BCUT2D eigenvalue weighted by molar-refractivity contribution is 5.38. The number of nitrogens with zero attached hydrogens (tertiary/aromatic N) is 1. The van der Waals surface area contributed by atoms with Crippen LogP contribution in [0.2, 0.25) is 0 Å². The molecule has 1 heterocycles. The van der Waals surface area contributed by atoms with Crippen LogP contribution >= 0.6 is 0 Å². The summed E-state index contributed by atoms with van der Waals surface area (Å²) in [6, 6.07) is 21.7. The minimum Gasteiger partial charge on any atom is -0.313 e. The highest BCUT2D eigenvalue weighted by atomic mass is 15.3. The first kappa shape index (κ1) is 13.3. The molecule has 1 aliphatic rings. The van der Waals surface area contributed by atoms with Crippen molar-refractivity contribution < 1.29 is 0 Å². The van der Waals surface area contributed by atoms with Crippen LogP contribution in [0.1, 0.15) is 17.0 Å². The van der Waals surface area contributed by atoms with Crippen molar-refractivity contribution in [2.75, 3.05) is 27.2 Å². The van der Waals surface area contributed by atoms with Crippen LogP contribution in [-0.2, 0) is 0 Å². The molecule has 0 amide bonds. The maximum atomic E-state index is 3.46. The van der Waals surface area contributed by atoms with Gasteiger partial charge < -0.3 is 10.2 Å². The van der Waals surface area contributed by atoms with E-state index < -0.39 is 0 Å². The Labute approximate surface area is 121 Å². The number of rotatable bonds is 4. The van der Waals surface area contributed by atoms with Crippen molar-refractivity contribution in [2.45, 2.75) is 11.5 Å². The van der Waals surface area contributed by atoms with Crippen molar-refractivity contribution in [1.29, 1.82) is 0 Å². The van der Waals surface area contributed by atoms with E-state index in [0.717, 1.165) is 13.1 Å². The first-order valence-electron chi connectivity index (χ1n) is 7.22. The van der Waals surface area contributed by atoms with Gasteiger partial charge in [0.1, 0.15) is 0 Å². The summed E-state index contributed by atoms with van der Waals surface area (Å²) in [7, 11) is 4.39. The molecule has 2 heteroatoms. The monoisotopic (exact) mass is 266 g/mol. The number of hydrogen-bond donors (Lipinski definition) is 1. The van der Waals surface area contributed by atoms with Gasteiger partial charge in [-0.15, -0.1) is 0 Å². The van der Waals surface area contributed by atoms with Crippen LogP contribution in [0.15, 0.2) is 60.7 Å². The molecule has 2 nitrogen and oxygen atoms in total. The molecule has 1 fully saturated rings. The van der Waals surface area contributed by atoms with Crippen molar-refractivity contribution in [3.05, 3.63) is 71.8 Å². The molecule has 3 rings (SSSR count). The third-order valence-electron chi connectivity index (χ3n) is 4.56. The van der Waals surface area contributed by atoms with Gasteiger partial charge in [-0.3, -0.25) is 0 Å². The Kier molecular flexibility index (Phi) is 3.60. The molecule has 104 valence electrons. The maximum absolute atomic E-state index is 3.46. The topological polar surface area (TPSA) is 15.3 Å². The molecule has 0 aromatic heterocycles. The van der Waals surface area contributed by atoms with E-state index in [4.69, 9.17) is 0 Å². The van der Waals surface area contributed by atoms with Crippen LogP contribution < -0.4 is 5.32 Å². The van der Waals surface area contributed by atoms with Gasteiger partial charge in [0.25, 0.3) is 0 Å². The highest BCUT2D eigenvalue weighted by Gasteiger charge is 2.47. The SMILES string of the molecule is CN(C)C1(C(c2ccccc2)c2ccccc2)CNC1. The largest absolute Gasteiger partial charge is 0.313 e. The van der Waals surface area contributed by atoms with Gasteiger partial charge in [0.15, 0.2) is 0 Å². The molecule has 0 aliphatic carbocycles. The maximum Gasteiger partial charge on any atom is 0.0562 e. The molecule has 0 spiro atoms. The zero-order valence-electron chi connectivity index (χ0n) is 12.2. The highest BCUT2D eigenvalue weighted by Crippen LogP contribution is 2.40. The Hall–Kier alpha value is -1.64. The summed E-state index contributed by atoms with van der Waals surface area (Å²) in [6.45, 7) is 2.07. The average Bonchev–Trinajstić information content (AvgIpc) is 2.44. The fraction of sp³-hybridized carbons (Fsp3) is 0.333. The van der Waals surface area contributed by atoms with Crippen LogP contribution in [0.4, 0.5) is 0 Å². The van der Waals surface area contributed by atoms with E-state index in [-0.39, 0.29) is 5.54 Å². The summed E-state index contributed by atoms with van der Waals surface area (Å²) < 4.78 is 0. The lowest BCUT2D eigenvalue weighted by Gasteiger charge is -2.53. The summed E-state index contributed by atoms with van der Waals surface area (Å²) in [6.07, 6.45) is 0. The van der Waals surface area contributed by atoms with Crippen LogP contribution in [0.3, 0.4) is 0 Å². The Morgan fingerprint density at radius 2 is 1.30 bits per heavy atom. The lowest BCUT2D eigenvalue weighted by atomic mass is 9.70. The zero-order valence-corrected chi connectivity index (χ0v) is 12.2. The van der Waals surface area contributed by atoms with E-state index in [9.17, 15) is 0 Å². The standard InChI is InChI=1S/C18H22N2/c1-20(2)18(13-19-14-18)17(15-9-5-3-6-10-15)16-11-7-4-8-12-16/h3-12,17,19H,13-14H2,1-2H3. The van der Waals surface area contributed by atoms with Crippen molar-refractivity contribution in [3.63, 3.8) is 0 Å². The van der Waals surface area contributed by atoms with E-state index in [1.807, 2.05) is 0 Å². The summed E-state index contributed by atoms with van der Waals surface area (Å²) in [5.74, 6) is 0.404.